The van der Waals surface area contributed by atoms with Crippen LogP contribution >= 0.6 is 0 Å². The molecular weight excluding hydrogens is 252 g/mol. The number of rotatable bonds is 2. The van der Waals surface area contributed by atoms with E-state index in [4.69, 9.17) is 4.74 Å². The summed E-state index contributed by atoms with van der Waals surface area (Å²) in [5, 5.41) is 9.27. The Morgan fingerprint density at radius 2 is 1.90 bits per heavy atom. The second kappa shape index (κ2) is 4.24. The Labute approximate surface area is 120 Å². The van der Waals surface area contributed by atoms with Crippen LogP contribution in [0, 0.1) is 16.7 Å². The van der Waals surface area contributed by atoms with Gasteiger partial charge in [-0.1, -0.05) is 20.8 Å². The minimum atomic E-state index is -0.278. The van der Waals surface area contributed by atoms with E-state index >= 15 is 0 Å². The number of phenolic OH excluding ortho intramolecular Hbond substituents is 1. The highest BCUT2D eigenvalue weighted by molar-refractivity contribution is 5.89. The lowest BCUT2D eigenvalue weighted by molar-refractivity contribution is -0.0242. The summed E-state index contributed by atoms with van der Waals surface area (Å²) in [6.45, 7) is 6.87. The summed E-state index contributed by atoms with van der Waals surface area (Å²) in [5.41, 5.74) is 0.837. The molecule has 2 aliphatic carbocycles. The van der Waals surface area contributed by atoms with Gasteiger partial charge >= 0.3 is 5.97 Å². The quantitative estimate of drug-likeness (QED) is 0.835. The van der Waals surface area contributed by atoms with Crippen LogP contribution in [-0.4, -0.2) is 17.2 Å². The van der Waals surface area contributed by atoms with Crippen LogP contribution in [0.5, 0.6) is 5.75 Å². The van der Waals surface area contributed by atoms with Gasteiger partial charge in [-0.25, -0.2) is 4.79 Å². The van der Waals surface area contributed by atoms with Crippen molar-refractivity contribution in [2.75, 3.05) is 0 Å². The van der Waals surface area contributed by atoms with Gasteiger partial charge in [0.05, 0.1) is 5.56 Å². The molecule has 2 aliphatic rings. The van der Waals surface area contributed by atoms with Crippen molar-refractivity contribution in [1.29, 1.82) is 0 Å². The number of esters is 1. The van der Waals surface area contributed by atoms with Crippen molar-refractivity contribution in [2.24, 2.45) is 16.7 Å². The third kappa shape index (κ3) is 1.75. The summed E-state index contributed by atoms with van der Waals surface area (Å²) in [4.78, 5) is 12.2. The van der Waals surface area contributed by atoms with Gasteiger partial charge < -0.3 is 9.84 Å². The zero-order valence-corrected chi connectivity index (χ0v) is 12.3. The average molecular weight is 274 g/mol. The summed E-state index contributed by atoms with van der Waals surface area (Å²) >= 11 is 0. The summed E-state index contributed by atoms with van der Waals surface area (Å²) in [5.74, 6) is 0.541. The fourth-order valence-corrected chi connectivity index (χ4v) is 4.10. The predicted octanol–water partition coefficient (Wildman–Crippen LogP) is 3.76. The minimum Gasteiger partial charge on any atom is -0.508 e. The molecule has 3 heteroatoms. The van der Waals surface area contributed by atoms with Gasteiger partial charge in [-0.2, -0.15) is 0 Å². The Morgan fingerprint density at radius 3 is 2.40 bits per heavy atom. The highest BCUT2D eigenvalue weighted by Crippen LogP contribution is 2.66. The van der Waals surface area contributed by atoms with Crippen molar-refractivity contribution in [3.63, 3.8) is 0 Å². The summed E-state index contributed by atoms with van der Waals surface area (Å²) in [6.07, 6.45) is 3.37. The summed E-state index contributed by atoms with van der Waals surface area (Å²) < 4.78 is 5.79. The third-order valence-electron chi connectivity index (χ3n) is 6.07. The van der Waals surface area contributed by atoms with E-state index in [1.54, 1.807) is 12.1 Å². The molecule has 0 heterocycles. The van der Waals surface area contributed by atoms with Gasteiger partial charge in [-0.15, -0.1) is 0 Å². The van der Waals surface area contributed by atoms with Gasteiger partial charge in [0.1, 0.15) is 11.9 Å². The van der Waals surface area contributed by atoms with Crippen molar-refractivity contribution in [3.05, 3.63) is 29.8 Å². The lowest BCUT2D eigenvalue weighted by atomic mass is 9.70. The van der Waals surface area contributed by atoms with Gasteiger partial charge in [0.25, 0.3) is 0 Å². The van der Waals surface area contributed by atoms with E-state index < -0.39 is 0 Å². The van der Waals surface area contributed by atoms with Crippen LogP contribution in [0.1, 0.15) is 50.4 Å². The maximum atomic E-state index is 12.2. The molecule has 0 spiro atoms. The number of carbonyl (C=O) groups is 1. The first-order chi connectivity index (χ1) is 9.34. The van der Waals surface area contributed by atoms with Gasteiger partial charge in [-0.3, -0.25) is 0 Å². The number of benzene rings is 1. The molecule has 1 N–H and O–H groups in total. The Bertz CT molecular complexity index is 532. The minimum absolute atomic E-state index is 0.0116. The lowest BCUT2D eigenvalue weighted by Crippen LogP contribution is -2.38. The molecule has 2 fully saturated rings. The highest BCUT2D eigenvalue weighted by Gasteiger charge is 2.62. The number of ether oxygens (including phenoxy) is 1. The van der Waals surface area contributed by atoms with E-state index in [9.17, 15) is 9.90 Å². The van der Waals surface area contributed by atoms with E-state index in [2.05, 4.69) is 20.8 Å². The van der Waals surface area contributed by atoms with Crippen molar-refractivity contribution >= 4 is 5.97 Å². The molecule has 1 aromatic rings. The summed E-state index contributed by atoms with van der Waals surface area (Å²) in [7, 11) is 0. The van der Waals surface area contributed by atoms with Crippen LogP contribution in [0.4, 0.5) is 0 Å². The van der Waals surface area contributed by atoms with Crippen LogP contribution in [-0.2, 0) is 4.74 Å². The molecule has 2 bridgehead atoms. The first kappa shape index (κ1) is 13.5. The number of hydrogen-bond donors (Lipinski definition) is 1. The molecular formula is C17H22O3. The fraction of sp³-hybridized carbons (Fsp3) is 0.588. The monoisotopic (exact) mass is 274 g/mol. The smallest absolute Gasteiger partial charge is 0.338 e. The van der Waals surface area contributed by atoms with Crippen LogP contribution < -0.4 is 0 Å². The van der Waals surface area contributed by atoms with Crippen molar-refractivity contribution in [2.45, 2.75) is 46.1 Å². The van der Waals surface area contributed by atoms with Gasteiger partial charge in [-0.05, 0) is 54.9 Å². The van der Waals surface area contributed by atoms with Crippen LogP contribution in [0.2, 0.25) is 0 Å². The van der Waals surface area contributed by atoms with E-state index in [1.807, 2.05) is 0 Å². The molecule has 20 heavy (non-hydrogen) atoms. The Hall–Kier alpha value is -1.51. The van der Waals surface area contributed by atoms with E-state index in [0.29, 0.717) is 11.5 Å². The largest absolute Gasteiger partial charge is 0.508 e. The molecule has 0 aliphatic heterocycles. The zero-order valence-electron chi connectivity index (χ0n) is 12.3. The Kier molecular flexibility index (Phi) is 2.86. The van der Waals surface area contributed by atoms with Crippen LogP contribution in [0.3, 0.4) is 0 Å². The van der Waals surface area contributed by atoms with Crippen LogP contribution in [0.15, 0.2) is 24.3 Å². The average Bonchev–Trinajstić information content (AvgIpc) is 2.72. The molecule has 0 unspecified atom stereocenters. The topological polar surface area (TPSA) is 46.5 Å². The third-order valence-corrected chi connectivity index (χ3v) is 6.07. The lowest BCUT2D eigenvalue weighted by Gasteiger charge is -2.38. The highest BCUT2D eigenvalue weighted by atomic mass is 16.5. The zero-order chi connectivity index (χ0) is 14.5. The van der Waals surface area contributed by atoms with Crippen molar-refractivity contribution < 1.29 is 14.6 Å². The molecule has 2 saturated carbocycles. The van der Waals surface area contributed by atoms with E-state index in [0.717, 1.165) is 12.8 Å². The normalized spacial score (nSPS) is 34.1. The van der Waals surface area contributed by atoms with Crippen LogP contribution in [0.25, 0.3) is 0 Å². The fourth-order valence-electron chi connectivity index (χ4n) is 4.10. The Morgan fingerprint density at radius 1 is 1.25 bits per heavy atom. The molecule has 108 valence electrons. The molecule has 3 nitrogen and oxygen atoms in total. The number of carbonyl (C=O) groups excluding carboxylic acids is 1. The molecule has 0 saturated heterocycles. The standard InChI is InChI=1S/C17H22O3/c1-16(2)12-8-9-17(16,3)14(10-12)20-15(19)11-4-6-13(18)7-5-11/h4-7,12,14,18H,8-10H2,1-3H3/t12-,14-,17-/m1/s1. The number of aromatic hydroxyl groups is 1. The number of hydrogen-bond acceptors (Lipinski definition) is 3. The maximum absolute atomic E-state index is 12.2. The predicted molar refractivity (Wildman–Crippen MR) is 76.5 cm³/mol. The summed E-state index contributed by atoms with van der Waals surface area (Å²) in [6, 6.07) is 6.25. The first-order valence-corrected chi connectivity index (χ1v) is 7.34. The molecule has 0 aromatic heterocycles. The first-order valence-electron chi connectivity index (χ1n) is 7.34. The van der Waals surface area contributed by atoms with Gasteiger partial charge in [0.15, 0.2) is 0 Å². The van der Waals surface area contributed by atoms with Crippen molar-refractivity contribution in [1.82, 2.24) is 0 Å². The van der Waals surface area contributed by atoms with E-state index in [-0.39, 0.29) is 28.7 Å². The van der Waals surface area contributed by atoms with Gasteiger partial charge in [0, 0.05) is 5.41 Å². The SMILES string of the molecule is CC1(C)[C@@H]2CC[C@]1(C)[C@H](OC(=O)c1ccc(O)cc1)C2. The van der Waals surface area contributed by atoms with Crippen molar-refractivity contribution in [3.8, 4) is 5.75 Å². The second-order valence-corrected chi connectivity index (χ2v) is 7.05. The molecule has 0 radical (unpaired) electrons. The molecule has 0 amide bonds. The molecule has 3 atom stereocenters. The molecule has 3 rings (SSSR count). The van der Waals surface area contributed by atoms with E-state index in [1.165, 1.54) is 18.6 Å². The molecule has 1 aromatic carbocycles. The Balaban J connectivity index is 1.76. The van der Waals surface area contributed by atoms with Gasteiger partial charge in [0.2, 0.25) is 0 Å². The maximum Gasteiger partial charge on any atom is 0.338 e. The number of phenols is 1. The second-order valence-electron chi connectivity index (χ2n) is 7.05. The number of fused-ring (bicyclic) bond motifs is 2.